The van der Waals surface area contributed by atoms with Crippen molar-refractivity contribution in [1.29, 1.82) is 0 Å². The van der Waals surface area contributed by atoms with Crippen LogP contribution in [-0.2, 0) is 28.8 Å². The predicted molar refractivity (Wildman–Crippen MR) is 125 cm³/mol. The lowest BCUT2D eigenvalue weighted by molar-refractivity contribution is -0.131. The van der Waals surface area contributed by atoms with Crippen molar-refractivity contribution in [1.82, 2.24) is 20.2 Å². The lowest BCUT2D eigenvalue weighted by Gasteiger charge is -2.29. The monoisotopic (exact) mass is 450 g/mol. The van der Waals surface area contributed by atoms with E-state index in [4.69, 9.17) is 4.74 Å². The van der Waals surface area contributed by atoms with Crippen molar-refractivity contribution in [2.45, 2.75) is 45.4 Å². The number of amides is 2. The number of hydrogen-bond acceptors (Lipinski definition) is 5. The highest BCUT2D eigenvalue weighted by atomic mass is 16.5. The number of imidazole rings is 1. The summed E-state index contributed by atoms with van der Waals surface area (Å²) < 4.78 is 7.67. The largest absolute Gasteiger partial charge is 0.457 e. The minimum atomic E-state index is -1.67. The number of aryl methyl sites for hydroxylation is 1. The van der Waals surface area contributed by atoms with E-state index in [1.54, 1.807) is 49.1 Å². The molecule has 0 fully saturated rings. The molecule has 4 rings (SSSR count). The number of nitrogens with one attached hydrogen (secondary N) is 2. The third kappa shape index (κ3) is 5.40. The van der Waals surface area contributed by atoms with Gasteiger partial charge in [0.15, 0.2) is 0 Å². The Balaban J connectivity index is 0.00000149. The Labute approximate surface area is 193 Å². The van der Waals surface area contributed by atoms with Crippen LogP contribution in [-0.4, -0.2) is 32.5 Å². The molecule has 1 aliphatic heterocycles. The van der Waals surface area contributed by atoms with Crippen LogP contribution in [0.15, 0.2) is 61.1 Å². The molecular formula is C25H30N4O4. The summed E-state index contributed by atoms with van der Waals surface area (Å²) >= 11 is 0. The number of carbonyl (C=O) groups excluding carboxylic acids is 2. The first-order valence-corrected chi connectivity index (χ1v) is 11.0. The lowest BCUT2D eigenvalue weighted by atomic mass is 9.86. The van der Waals surface area contributed by atoms with Gasteiger partial charge < -0.3 is 25.0 Å². The Bertz CT molecular complexity index is 1130. The molecule has 1 aliphatic rings. The smallest absolute Gasteiger partial charge is 0.242 e. The average molecular weight is 451 g/mol. The first-order valence-electron chi connectivity index (χ1n) is 11.0. The molecule has 0 radical (unpaired) electrons. The van der Waals surface area contributed by atoms with Crippen LogP contribution in [0.5, 0.6) is 11.5 Å². The minimum absolute atomic E-state index is 0.290. The van der Waals surface area contributed by atoms with Crippen LogP contribution in [0, 0.1) is 0 Å². The molecule has 2 aromatic carbocycles. The first kappa shape index (κ1) is 24.0. The fraction of sp³-hybridized carbons (Fsp3) is 0.320. The molecule has 2 amide bonds. The fourth-order valence-corrected chi connectivity index (χ4v) is 3.70. The molecule has 174 valence electrons. The quantitative estimate of drug-likeness (QED) is 0.529. The Morgan fingerprint density at radius 2 is 1.82 bits per heavy atom. The molecule has 1 aromatic heterocycles. The molecule has 2 heterocycles. The van der Waals surface area contributed by atoms with Gasteiger partial charge in [0.2, 0.25) is 11.8 Å². The third-order valence-electron chi connectivity index (χ3n) is 5.34. The maximum Gasteiger partial charge on any atom is 0.242 e. The predicted octanol–water partition coefficient (Wildman–Crippen LogP) is 3.00. The number of aliphatic hydroxyl groups is 1. The molecule has 0 saturated heterocycles. The van der Waals surface area contributed by atoms with Gasteiger partial charge >= 0.3 is 0 Å². The van der Waals surface area contributed by atoms with Crippen molar-refractivity contribution < 1.29 is 19.4 Å². The van der Waals surface area contributed by atoms with Crippen molar-refractivity contribution in [3.8, 4) is 11.5 Å². The Hall–Kier alpha value is -3.65. The van der Waals surface area contributed by atoms with Crippen molar-refractivity contribution in [2.24, 2.45) is 7.05 Å². The molecule has 4 bridgehead atoms. The molecule has 3 N–H and O–H groups in total. The number of fused-ring (bicyclic) bond motifs is 4. The highest BCUT2D eigenvalue weighted by Crippen LogP contribution is 2.35. The van der Waals surface area contributed by atoms with Gasteiger partial charge in [-0.05, 0) is 42.3 Å². The first-order chi connectivity index (χ1) is 15.8. The van der Waals surface area contributed by atoms with Gasteiger partial charge in [-0.3, -0.25) is 9.59 Å². The van der Waals surface area contributed by atoms with E-state index in [-0.39, 0.29) is 12.3 Å². The van der Waals surface area contributed by atoms with Crippen LogP contribution in [0.1, 0.15) is 44.0 Å². The van der Waals surface area contributed by atoms with E-state index in [9.17, 15) is 14.7 Å². The summed E-state index contributed by atoms with van der Waals surface area (Å²) in [6.45, 7) is 5.91. The van der Waals surface area contributed by atoms with Crippen molar-refractivity contribution in [3.05, 3.63) is 77.9 Å². The maximum atomic E-state index is 12.8. The Morgan fingerprint density at radius 3 is 2.52 bits per heavy atom. The summed E-state index contributed by atoms with van der Waals surface area (Å²) in [7, 11) is 1.75. The summed E-state index contributed by atoms with van der Waals surface area (Å²) in [5, 5.41) is 17.2. The summed E-state index contributed by atoms with van der Waals surface area (Å²) in [5.41, 5.74) is 0.115. The molecule has 0 aliphatic carbocycles. The van der Waals surface area contributed by atoms with E-state index in [0.717, 1.165) is 5.56 Å². The Morgan fingerprint density at radius 1 is 1.12 bits per heavy atom. The number of aromatic nitrogens is 2. The topological polar surface area (TPSA) is 105 Å². The highest BCUT2D eigenvalue weighted by molar-refractivity contribution is 5.87. The van der Waals surface area contributed by atoms with E-state index in [2.05, 4.69) is 15.6 Å². The van der Waals surface area contributed by atoms with Crippen LogP contribution in [0.25, 0.3) is 0 Å². The number of carbonyl (C=O) groups is 2. The third-order valence-corrected chi connectivity index (χ3v) is 5.34. The molecule has 8 nitrogen and oxygen atoms in total. The number of hydrogen-bond donors (Lipinski definition) is 3. The minimum Gasteiger partial charge on any atom is -0.457 e. The van der Waals surface area contributed by atoms with Gasteiger partial charge in [0, 0.05) is 13.6 Å². The normalized spacial score (nSPS) is 20.7. The number of nitrogens with zero attached hydrogens (tertiary/aromatic N) is 2. The SMILES string of the molecule is CC.CC1NC(=O)CC(O)(c2cncn2C)c2cccc(c2)Oc2cccc(c2)CNC1=O. The second-order valence-corrected chi connectivity index (χ2v) is 7.71. The molecule has 0 saturated carbocycles. The van der Waals surface area contributed by atoms with E-state index in [1.807, 2.05) is 38.1 Å². The standard InChI is InChI=1S/C23H24N4O4.C2H6/c1-15-22(29)25-12-16-5-3-7-18(9-16)31-19-8-4-6-17(10-19)23(30,11-21(28)26-15)20-13-24-14-27(20)2;1-2/h3-10,13-15,30H,11-12H2,1-2H3,(H,25,29)(H,26,28);1-2H3. The number of benzene rings is 2. The molecular weight excluding hydrogens is 420 g/mol. The Kier molecular flexibility index (Phi) is 7.50. The second-order valence-electron chi connectivity index (χ2n) is 7.71. The second kappa shape index (κ2) is 10.3. The lowest BCUT2D eigenvalue weighted by Crippen LogP contribution is -2.46. The molecule has 2 atom stereocenters. The van der Waals surface area contributed by atoms with E-state index in [1.165, 1.54) is 6.20 Å². The fourth-order valence-electron chi connectivity index (χ4n) is 3.70. The molecule has 33 heavy (non-hydrogen) atoms. The zero-order chi connectivity index (χ0) is 24.0. The summed E-state index contributed by atoms with van der Waals surface area (Å²) in [6.07, 6.45) is 2.79. The van der Waals surface area contributed by atoms with Crippen LogP contribution in [0.4, 0.5) is 0 Å². The zero-order valence-electron chi connectivity index (χ0n) is 19.3. The van der Waals surface area contributed by atoms with Crippen LogP contribution in [0.3, 0.4) is 0 Å². The van der Waals surface area contributed by atoms with Crippen LogP contribution in [0.2, 0.25) is 0 Å². The van der Waals surface area contributed by atoms with Gasteiger partial charge in [-0.1, -0.05) is 38.1 Å². The van der Waals surface area contributed by atoms with Crippen molar-refractivity contribution in [3.63, 3.8) is 0 Å². The van der Waals surface area contributed by atoms with Gasteiger partial charge in [0.1, 0.15) is 23.1 Å². The van der Waals surface area contributed by atoms with Crippen molar-refractivity contribution in [2.75, 3.05) is 0 Å². The van der Waals surface area contributed by atoms with Gasteiger partial charge in [-0.15, -0.1) is 0 Å². The van der Waals surface area contributed by atoms with Crippen LogP contribution < -0.4 is 15.4 Å². The maximum absolute atomic E-state index is 12.8. The number of ether oxygens (including phenoxy) is 1. The molecule has 2 unspecified atom stereocenters. The molecule has 8 heteroatoms. The van der Waals surface area contributed by atoms with Gasteiger partial charge in [-0.25, -0.2) is 4.98 Å². The van der Waals surface area contributed by atoms with E-state index < -0.39 is 17.6 Å². The van der Waals surface area contributed by atoms with Gasteiger partial charge in [0.05, 0.1) is 24.6 Å². The summed E-state index contributed by atoms with van der Waals surface area (Å²) in [5.74, 6) is 0.334. The number of rotatable bonds is 1. The summed E-state index contributed by atoms with van der Waals surface area (Å²) in [4.78, 5) is 29.4. The van der Waals surface area contributed by atoms with E-state index >= 15 is 0 Å². The highest BCUT2D eigenvalue weighted by Gasteiger charge is 2.37. The van der Waals surface area contributed by atoms with Gasteiger partial charge in [-0.2, -0.15) is 0 Å². The zero-order valence-corrected chi connectivity index (χ0v) is 19.3. The van der Waals surface area contributed by atoms with E-state index in [0.29, 0.717) is 29.3 Å². The molecule has 0 spiro atoms. The summed E-state index contributed by atoms with van der Waals surface area (Å²) in [6, 6.07) is 13.6. The average Bonchev–Trinajstić information content (AvgIpc) is 3.25. The van der Waals surface area contributed by atoms with Crippen molar-refractivity contribution >= 4 is 11.8 Å². The van der Waals surface area contributed by atoms with Crippen LogP contribution >= 0.6 is 0 Å². The molecule has 3 aromatic rings. The van der Waals surface area contributed by atoms with Gasteiger partial charge in [0.25, 0.3) is 0 Å².